The number of rotatable bonds is 4. The van der Waals surface area contributed by atoms with Gasteiger partial charge in [-0.05, 0) is 24.6 Å². The highest BCUT2D eigenvalue weighted by atomic mass is 19.4. The topological polar surface area (TPSA) is 53.3 Å². The SMILES string of the molecule is COCCCN1C(=O)c2ccc(C(F)(F)F)cc2C1C#N. The number of fused-ring (bicyclic) bond motifs is 1. The van der Waals surface area contributed by atoms with Gasteiger partial charge < -0.3 is 9.64 Å². The van der Waals surface area contributed by atoms with E-state index in [0.717, 1.165) is 18.2 Å². The van der Waals surface area contributed by atoms with E-state index in [0.29, 0.717) is 13.0 Å². The zero-order chi connectivity index (χ0) is 15.6. The zero-order valence-electron chi connectivity index (χ0n) is 11.3. The number of hydrogen-bond donors (Lipinski definition) is 0. The first-order valence-electron chi connectivity index (χ1n) is 6.31. The number of ether oxygens (including phenoxy) is 1. The Kier molecular flexibility index (Phi) is 4.19. The molecule has 1 atom stereocenters. The molecule has 0 aromatic heterocycles. The van der Waals surface area contributed by atoms with Crippen molar-refractivity contribution < 1.29 is 22.7 Å². The molecule has 2 rings (SSSR count). The Morgan fingerprint density at radius 2 is 2.14 bits per heavy atom. The zero-order valence-corrected chi connectivity index (χ0v) is 11.3. The molecule has 0 saturated heterocycles. The largest absolute Gasteiger partial charge is 0.416 e. The molecule has 112 valence electrons. The van der Waals surface area contributed by atoms with Crippen LogP contribution in [0.15, 0.2) is 18.2 Å². The highest BCUT2D eigenvalue weighted by molar-refractivity contribution is 5.99. The second kappa shape index (κ2) is 5.74. The van der Waals surface area contributed by atoms with E-state index >= 15 is 0 Å². The molecule has 1 aliphatic heterocycles. The van der Waals surface area contributed by atoms with E-state index in [2.05, 4.69) is 0 Å². The Hall–Kier alpha value is -2.07. The summed E-state index contributed by atoms with van der Waals surface area (Å²) in [5, 5.41) is 9.19. The van der Waals surface area contributed by atoms with Gasteiger partial charge in [0.25, 0.3) is 5.91 Å². The number of benzene rings is 1. The average Bonchev–Trinajstić information content (AvgIpc) is 2.70. The summed E-state index contributed by atoms with van der Waals surface area (Å²) < 4.78 is 43.1. The fourth-order valence-electron chi connectivity index (χ4n) is 2.35. The minimum absolute atomic E-state index is 0.120. The first-order valence-corrected chi connectivity index (χ1v) is 6.31. The van der Waals surface area contributed by atoms with Crippen molar-refractivity contribution in [1.29, 1.82) is 5.26 Å². The summed E-state index contributed by atoms with van der Waals surface area (Å²) >= 11 is 0. The lowest BCUT2D eigenvalue weighted by Crippen LogP contribution is -2.29. The van der Waals surface area contributed by atoms with Gasteiger partial charge in [0, 0.05) is 31.4 Å². The van der Waals surface area contributed by atoms with Crippen LogP contribution in [0.25, 0.3) is 0 Å². The number of methoxy groups -OCH3 is 1. The van der Waals surface area contributed by atoms with E-state index in [-0.39, 0.29) is 17.7 Å². The van der Waals surface area contributed by atoms with Crippen LogP contribution in [0, 0.1) is 11.3 Å². The van der Waals surface area contributed by atoms with Gasteiger partial charge in [-0.25, -0.2) is 0 Å². The second-order valence-electron chi connectivity index (χ2n) is 4.68. The number of nitriles is 1. The van der Waals surface area contributed by atoms with E-state index in [4.69, 9.17) is 4.74 Å². The molecule has 0 radical (unpaired) electrons. The van der Waals surface area contributed by atoms with Gasteiger partial charge in [0.2, 0.25) is 0 Å². The molecule has 0 N–H and O–H groups in total. The minimum Gasteiger partial charge on any atom is -0.385 e. The van der Waals surface area contributed by atoms with E-state index in [1.54, 1.807) is 0 Å². The molecule has 0 saturated carbocycles. The molecular formula is C14H13F3N2O2. The van der Waals surface area contributed by atoms with Gasteiger partial charge >= 0.3 is 6.18 Å². The number of nitrogens with zero attached hydrogens (tertiary/aromatic N) is 2. The Morgan fingerprint density at radius 1 is 1.43 bits per heavy atom. The molecular weight excluding hydrogens is 285 g/mol. The van der Waals surface area contributed by atoms with E-state index in [1.165, 1.54) is 12.0 Å². The van der Waals surface area contributed by atoms with Crippen molar-refractivity contribution in [2.75, 3.05) is 20.3 Å². The molecule has 4 nitrogen and oxygen atoms in total. The third kappa shape index (κ3) is 2.85. The number of carbonyl (C=O) groups is 1. The molecule has 0 bridgehead atoms. The third-order valence-corrected chi connectivity index (χ3v) is 3.35. The molecule has 7 heteroatoms. The van der Waals surface area contributed by atoms with E-state index in [9.17, 15) is 23.2 Å². The maximum absolute atomic E-state index is 12.7. The number of halogens is 3. The lowest BCUT2D eigenvalue weighted by Gasteiger charge is -2.19. The van der Waals surface area contributed by atoms with Crippen LogP contribution in [0.2, 0.25) is 0 Å². The molecule has 1 heterocycles. The molecule has 1 unspecified atom stereocenters. The van der Waals surface area contributed by atoms with Crippen LogP contribution < -0.4 is 0 Å². The van der Waals surface area contributed by atoms with Crippen molar-refractivity contribution in [3.8, 4) is 6.07 Å². The molecule has 1 amide bonds. The summed E-state index contributed by atoms with van der Waals surface area (Å²) in [4.78, 5) is 13.5. The second-order valence-corrected chi connectivity index (χ2v) is 4.68. The molecule has 0 spiro atoms. The normalized spacial score (nSPS) is 17.8. The quantitative estimate of drug-likeness (QED) is 0.803. The standard InChI is InChI=1S/C14H13F3N2O2/c1-21-6-2-5-19-12(8-18)11-7-9(14(15,16)17)3-4-10(11)13(19)20/h3-4,7,12H,2,5-6H2,1H3. The van der Waals surface area contributed by atoms with E-state index in [1.807, 2.05) is 6.07 Å². The molecule has 1 aliphatic rings. The van der Waals surface area contributed by atoms with Crippen molar-refractivity contribution in [3.05, 3.63) is 34.9 Å². The van der Waals surface area contributed by atoms with Gasteiger partial charge in [0.15, 0.2) is 0 Å². The summed E-state index contributed by atoms with van der Waals surface area (Å²) in [6.45, 7) is 0.674. The van der Waals surface area contributed by atoms with Crippen LogP contribution in [0.5, 0.6) is 0 Å². The van der Waals surface area contributed by atoms with Crippen LogP contribution in [-0.2, 0) is 10.9 Å². The maximum Gasteiger partial charge on any atom is 0.416 e. The summed E-state index contributed by atoms with van der Waals surface area (Å²) in [6, 6.07) is 3.81. The van der Waals surface area contributed by atoms with Gasteiger partial charge in [-0.1, -0.05) is 0 Å². The number of carbonyl (C=O) groups excluding carboxylic acids is 1. The number of hydrogen-bond acceptors (Lipinski definition) is 3. The Morgan fingerprint density at radius 3 is 2.71 bits per heavy atom. The van der Waals surface area contributed by atoms with Crippen molar-refractivity contribution in [2.24, 2.45) is 0 Å². The predicted octanol–water partition coefficient (Wildman–Crippen LogP) is 2.76. The fraction of sp³-hybridized carbons (Fsp3) is 0.429. The van der Waals surface area contributed by atoms with Crippen molar-refractivity contribution in [1.82, 2.24) is 4.90 Å². The van der Waals surface area contributed by atoms with Crippen molar-refractivity contribution >= 4 is 5.91 Å². The lowest BCUT2D eigenvalue weighted by molar-refractivity contribution is -0.137. The highest BCUT2D eigenvalue weighted by Crippen LogP contribution is 2.38. The van der Waals surface area contributed by atoms with Crippen molar-refractivity contribution in [3.63, 3.8) is 0 Å². The fourth-order valence-corrected chi connectivity index (χ4v) is 2.35. The Labute approximate surface area is 119 Å². The van der Waals surface area contributed by atoms with Crippen molar-refractivity contribution in [2.45, 2.75) is 18.6 Å². The minimum atomic E-state index is -4.50. The summed E-state index contributed by atoms with van der Waals surface area (Å²) in [7, 11) is 1.51. The number of alkyl halides is 3. The smallest absolute Gasteiger partial charge is 0.385 e. The summed E-state index contributed by atoms with van der Waals surface area (Å²) in [6.07, 6.45) is -3.98. The molecule has 1 aromatic carbocycles. The first kappa shape index (κ1) is 15.3. The highest BCUT2D eigenvalue weighted by Gasteiger charge is 2.39. The van der Waals surface area contributed by atoms with E-state index < -0.39 is 23.7 Å². The Balaban J connectivity index is 2.33. The molecule has 0 aliphatic carbocycles. The Bertz CT molecular complexity index is 593. The first-order chi connectivity index (χ1) is 9.90. The molecule has 0 fully saturated rings. The lowest BCUT2D eigenvalue weighted by atomic mass is 10.0. The van der Waals surface area contributed by atoms with Gasteiger partial charge in [0.1, 0.15) is 6.04 Å². The van der Waals surface area contributed by atoms with Gasteiger partial charge in [-0.2, -0.15) is 18.4 Å². The monoisotopic (exact) mass is 298 g/mol. The predicted molar refractivity (Wildman–Crippen MR) is 67.3 cm³/mol. The van der Waals surface area contributed by atoms with Crippen LogP contribution in [0.3, 0.4) is 0 Å². The van der Waals surface area contributed by atoms with Crippen LogP contribution in [-0.4, -0.2) is 31.1 Å². The average molecular weight is 298 g/mol. The van der Waals surface area contributed by atoms with Gasteiger partial charge in [-0.15, -0.1) is 0 Å². The maximum atomic E-state index is 12.7. The third-order valence-electron chi connectivity index (χ3n) is 3.35. The summed E-state index contributed by atoms with van der Waals surface area (Å²) in [5.41, 5.74) is -0.574. The number of amides is 1. The van der Waals surface area contributed by atoms with Crippen LogP contribution in [0.4, 0.5) is 13.2 Å². The van der Waals surface area contributed by atoms with Gasteiger partial charge in [-0.3, -0.25) is 4.79 Å². The summed E-state index contributed by atoms with van der Waals surface area (Å²) in [5.74, 6) is -0.415. The van der Waals surface area contributed by atoms with Crippen LogP contribution >= 0.6 is 0 Å². The van der Waals surface area contributed by atoms with Gasteiger partial charge in [0.05, 0.1) is 11.6 Å². The molecule has 21 heavy (non-hydrogen) atoms. The molecule has 1 aromatic rings. The van der Waals surface area contributed by atoms with Crippen LogP contribution in [0.1, 0.15) is 33.9 Å².